The van der Waals surface area contributed by atoms with E-state index in [0.29, 0.717) is 36.3 Å². The van der Waals surface area contributed by atoms with E-state index in [1.165, 1.54) is 0 Å². The average molecular weight is 468 g/mol. The van der Waals surface area contributed by atoms with Gasteiger partial charge < -0.3 is 30.1 Å². The first-order valence-electron chi connectivity index (χ1n) is 12.0. The van der Waals surface area contributed by atoms with E-state index in [2.05, 4.69) is 37.7 Å². The van der Waals surface area contributed by atoms with Crippen molar-refractivity contribution in [2.24, 2.45) is 11.8 Å². The van der Waals surface area contributed by atoms with Crippen molar-refractivity contribution < 1.29 is 14.4 Å². The molecule has 3 aromatic rings. The lowest BCUT2D eigenvalue weighted by Gasteiger charge is -2.48. The van der Waals surface area contributed by atoms with Crippen LogP contribution in [0.3, 0.4) is 0 Å². The molecule has 4 N–H and O–H groups in total. The second-order valence-electron chi connectivity index (χ2n) is 10.3. The van der Waals surface area contributed by atoms with E-state index in [4.69, 9.17) is 4.52 Å². The van der Waals surface area contributed by atoms with Crippen molar-refractivity contribution >= 4 is 22.6 Å². The van der Waals surface area contributed by atoms with Crippen LogP contribution in [0, 0.1) is 11.8 Å². The third-order valence-corrected chi connectivity index (χ3v) is 7.19. The number of fused-ring (bicyclic) bond motifs is 3. The van der Waals surface area contributed by atoms with Crippen LogP contribution in [-0.2, 0) is 0 Å². The summed E-state index contributed by atoms with van der Waals surface area (Å²) >= 11 is 0. The highest BCUT2D eigenvalue weighted by molar-refractivity contribution is 5.97. The molecule has 1 amide bonds. The number of rotatable bonds is 7. The Morgan fingerprint density at radius 3 is 3.06 bits per heavy atom. The van der Waals surface area contributed by atoms with Gasteiger partial charge in [-0.1, -0.05) is 12.1 Å². The third-order valence-electron chi connectivity index (χ3n) is 7.19. The van der Waals surface area contributed by atoms with Crippen molar-refractivity contribution in [3.8, 4) is 11.4 Å². The standard InChI is InChI=1S/C24H33N7O3/c1-14-10-15-12-24(33,11-14)6-4-18(15)28-19-16-5-7-25-20(16)27-13-17(19)21-29-23(34-30-21)22(32)26-8-9-31(2)3/h5,7,13-15,18,33H,4,6,8-12H2,1-3H3,(H,26,32)(H2,25,27,28)/t14?,15-,18-,24-/m0/s1. The van der Waals surface area contributed by atoms with Crippen LogP contribution in [0.15, 0.2) is 23.0 Å². The van der Waals surface area contributed by atoms with Crippen molar-refractivity contribution in [1.29, 1.82) is 0 Å². The molecule has 2 saturated carbocycles. The zero-order chi connectivity index (χ0) is 23.9. The summed E-state index contributed by atoms with van der Waals surface area (Å²) in [7, 11) is 3.88. The molecular formula is C24H33N7O3. The molecule has 3 aromatic heterocycles. The van der Waals surface area contributed by atoms with Gasteiger partial charge in [-0.2, -0.15) is 4.98 Å². The van der Waals surface area contributed by atoms with Crippen molar-refractivity contribution in [3.05, 3.63) is 24.4 Å². The summed E-state index contributed by atoms with van der Waals surface area (Å²) in [4.78, 5) is 26.5. The monoisotopic (exact) mass is 467 g/mol. The maximum atomic E-state index is 12.4. The SMILES string of the molecule is CC1C[C@H]2C[C@](O)(CC[C@@H]2Nc2c(-c3noc(C(=O)NCCN(C)C)n3)cnc3[nH]ccc23)C1. The van der Waals surface area contributed by atoms with Gasteiger partial charge in [0.25, 0.3) is 0 Å². The van der Waals surface area contributed by atoms with Crippen molar-refractivity contribution in [2.45, 2.75) is 50.7 Å². The first kappa shape index (κ1) is 22.8. The van der Waals surface area contributed by atoms with Gasteiger partial charge in [0, 0.05) is 36.9 Å². The Morgan fingerprint density at radius 2 is 2.24 bits per heavy atom. The van der Waals surface area contributed by atoms with Gasteiger partial charge in [-0.25, -0.2) is 4.98 Å². The molecule has 0 aliphatic heterocycles. The lowest BCUT2D eigenvalue weighted by molar-refractivity contribution is -0.0677. The highest BCUT2D eigenvalue weighted by Gasteiger charge is 2.44. The predicted molar refractivity (Wildman–Crippen MR) is 128 cm³/mol. The molecule has 0 aromatic carbocycles. The summed E-state index contributed by atoms with van der Waals surface area (Å²) in [6.07, 6.45) is 8.06. The second kappa shape index (κ2) is 8.99. The van der Waals surface area contributed by atoms with Crippen LogP contribution < -0.4 is 10.6 Å². The molecule has 182 valence electrons. The maximum absolute atomic E-state index is 12.4. The van der Waals surface area contributed by atoms with Gasteiger partial charge in [-0.05, 0) is 64.1 Å². The third kappa shape index (κ3) is 4.52. The van der Waals surface area contributed by atoms with E-state index < -0.39 is 11.5 Å². The van der Waals surface area contributed by atoms with Crippen LogP contribution in [0.1, 0.15) is 49.7 Å². The zero-order valence-electron chi connectivity index (χ0n) is 20.0. The first-order chi connectivity index (χ1) is 16.3. The number of nitrogens with one attached hydrogen (secondary N) is 3. The fourth-order valence-electron chi connectivity index (χ4n) is 5.68. The molecule has 0 radical (unpaired) electrons. The van der Waals surface area contributed by atoms with E-state index in [0.717, 1.165) is 48.8 Å². The molecule has 3 heterocycles. The molecule has 2 aliphatic carbocycles. The molecule has 10 heteroatoms. The van der Waals surface area contributed by atoms with Gasteiger partial charge >= 0.3 is 11.8 Å². The lowest BCUT2D eigenvalue weighted by atomic mass is 9.64. The molecule has 0 saturated heterocycles. The Kier molecular flexibility index (Phi) is 6.03. The second-order valence-corrected chi connectivity index (χ2v) is 10.3. The maximum Gasteiger partial charge on any atom is 0.316 e. The molecule has 2 aliphatic rings. The van der Waals surface area contributed by atoms with E-state index in [-0.39, 0.29) is 11.9 Å². The number of carbonyl (C=O) groups excluding carboxylic acids is 1. The topological polar surface area (TPSA) is 132 Å². The Bertz CT molecular complexity index is 1170. The highest BCUT2D eigenvalue weighted by atomic mass is 16.5. The minimum absolute atomic E-state index is 0.0716. The van der Waals surface area contributed by atoms with E-state index in [1.54, 1.807) is 6.20 Å². The number of amides is 1. The number of carbonyl (C=O) groups is 1. The summed E-state index contributed by atoms with van der Waals surface area (Å²) in [5, 5.41) is 22.5. The summed E-state index contributed by atoms with van der Waals surface area (Å²) in [5.41, 5.74) is 1.79. The van der Waals surface area contributed by atoms with Crippen LogP contribution in [0.4, 0.5) is 5.69 Å². The number of hydrogen-bond acceptors (Lipinski definition) is 8. The molecule has 34 heavy (non-hydrogen) atoms. The number of hydrogen-bond donors (Lipinski definition) is 4. The Labute approximate surface area is 198 Å². The van der Waals surface area contributed by atoms with Crippen LogP contribution in [0.25, 0.3) is 22.4 Å². The number of pyridine rings is 1. The van der Waals surface area contributed by atoms with Crippen molar-refractivity contribution in [1.82, 2.24) is 30.3 Å². The van der Waals surface area contributed by atoms with Gasteiger partial charge in [0.05, 0.1) is 16.9 Å². The molecular weight excluding hydrogens is 434 g/mol. The van der Waals surface area contributed by atoms with Crippen molar-refractivity contribution in [3.63, 3.8) is 0 Å². The van der Waals surface area contributed by atoms with Crippen LogP contribution in [-0.4, -0.2) is 74.8 Å². The number of aliphatic hydroxyl groups is 1. The number of H-pyrrole nitrogens is 1. The quantitative estimate of drug-likeness (QED) is 0.417. The van der Waals surface area contributed by atoms with Crippen LogP contribution in [0.2, 0.25) is 0 Å². The fourth-order valence-corrected chi connectivity index (χ4v) is 5.68. The fraction of sp³-hybridized carbons (Fsp3) is 0.583. The number of nitrogens with zero attached hydrogens (tertiary/aromatic N) is 4. The number of aromatic amines is 1. The van der Waals surface area contributed by atoms with Gasteiger partial charge in [0.2, 0.25) is 5.82 Å². The molecule has 5 rings (SSSR count). The van der Waals surface area contributed by atoms with Gasteiger partial charge in [0.15, 0.2) is 0 Å². The molecule has 4 atom stereocenters. The predicted octanol–water partition coefficient (Wildman–Crippen LogP) is 2.65. The van der Waals surface area contributed by atoms with E-state index in [9.17, 15) is 9.90 Å². The molecule has 10 nitrogen and oxygen atoms in total. The Hall–Kier alpha value is -2.98. The van der Waals surface area contributed by atoms with Gasteiger partial charge in [-0.15, -0.1) is 0 Å². The number of aromatic nitrogens is 4. The highest BCUT2D eigenvalue weighted by Crippen LogP contribution is 2.46. The van der Waals surface area contributed by atoms with E-state index in [1.807, 2.05) is 31.3 Å². The normalized spacial score (nSPS) is 26.7. The Balaban J connectivity index is 1.42. The largest absolute Gasteiger partial charge is 0.390 e. The molecule has 0 spiro atoms. The summed E-state index contributed by atoms with van der Waals surface area (Å²) in [6.45, 7) is 3.43. The summed E-state index contributed by atoms with van der Waals surface area (Å²) in [6, 6.07) is 2.20. The smallest absolute Gasteiger partial charge is 0.316 e. The van der Waals surface area contributed by atoms with E-state index >= 15 is 0 Å². The first-order valence-corrected chi connectivity index (χ1v) is 12.0. The van der Waals surface area contributed by atoms with Crippen molar-refractivity contribution in [2.75, 3.05) is 32.5 Å². The van der Waals surface area contributed by atoms with Gasteiger partial charge in [-0.3, -0.25) is 4.79 Å². The lowest BCUT2D eigenvalue weighted by Crippen LogP contribution is -2.49. The van der Waals surface area contributed by atoms with Gasteiger partial charge in [0.1, 0.15) is 5.65 Å². The van der Waals surface area contributed by atoms with Crippen LogP contribution in [0.5, 0.6) is 0 Å². The summed E-state index contributed by atoms with van der Waals surface area (Å²) in [5.74, 6) is 0.746. The number of likely N-dealkylation sites (N-methyl/N-ethyl adjacent to an activating group) is 1. The molecule has 2 fully saturated rings. The van der Waals surface area contributed by atoms with Crippen LogP contribution >= 0.6 is 0 Å². The zero-order valence-corrected chi connectivity index (χ0v) is 20.0. The average Bonchev–Trinajstić information content (AvgIpc) is 3.45. The molecule has 2 bridgehead atoms. The Morgan fingerprint density at radius 1 is 1.38 bits per heavy atom. The minimum atomic E-state index is -0.534. The number of anilines is 1. The summed E-state index contributed by atoms with van der Waals surface area (Å²) < 4.78 is 5.29. The molecule has 1 unspecified atom stereocenters. The minimum Gasteiger partial charge on any atom is -0.390 e.